The molecule has 3 heteroatoms. The Bertz CT molecular complexity index is 210. The summed E-state index contributed by atoms with van der Waals surface area (Å²) in [5.41, 5.74) is 0.326. The van der Waals surface area contributed by atoms with Crippen molar-refractivity contribution in [2.24, 2.45) is 11.3 Å². The quantitative estimate of drug-likeness (QED) is 0.720. The van der Waals surface area contributed by atoms with Gasteiger partial charge < -0.3 is 10.4 Å². The van der Waals surface area contributed by atoms with Gasteiger partial charge in [0.05, 0.1) is 6.61 Å². The maximum atomic E-state index is 9.45. The first-order chi connectivity index (χ1) is 7.56. The van der Waals surface area contributed by atoms with E-state index in [1.54, 1.807) is 0 Å². The number of hydrogen-bond donors (Lipinski definition) is 2. The summed E-state index contributed by atoms with van der Waals surface area (Å²) in [5.74, 6) is 0.640. The number of nitrogens with one attached hydrogen (secondary N) is 1. The van der Waals surface area contributed by atoms with E-state index >= 15 is 0 Å². The van der Waals surface area contributed by atoms with E-state index in [-0.39, 0.29) is 0 Å². The monoisotopic (exact) mass is 228 g/mol. The molecule has 2 N–H and O–H groups in total. The van der Waals surface area contributed by atoms with Gasteiger partial charge in [-0.25, -0.2) is 0 Å². The van der Waals surface area contributed by atoms with Crippen molar-refractivity contribution >= 4 is 0 Å². The zero-order chi connectivity index (χ0) is 12.2. The van der Waals surface area contributed by atoms with Gasteiger partial charge in [0, 0.05) is 19.1 Å². The summed E-state index contributed by atoms with van der Waals surface area (Å²) in [4.78, 5) is 2.48. The minimum atomic E-state index is 0.306. The van der Waals surface area contributed by atoms with Crippen LogP contribution in [-0.4, -0.2) is 49.3 Å². The summed E-state index contributed by atoms with van der Waals surface area (Å²) in [7, 11) is 2.02. The molecule has 3 unspecified atom stereocenters. The number of nitrogens with zero attached hydrogens (tertiary/aromatic N) is 1. The van der Waals surface area contributed by atoms with Gasteiger partial charge in [-0.15, -0.1) is 0 Å². The molecule has 0 spiro atoms. The first kappa shape index (κ1) is 13.9. The van der Waals surface area contributed by atoms with E-state index in [0.29, 0.717) is 24.0 Å². The number of likely N-dealkylation sites (tertiary alicyclic amines) is 1. The largest absolute Gasteiger partial charge is 0.395 e. The first-order valence-corrected chi connectivity index (χ1v) is 6.56. The minimum absolute atomic E-state index is 0.306. The van der Waals surface area contributed by atoms with E-state index in [9.17, 15) is 5.11 Å². The molecule has 0 aromatic heterocycles. The van der Waals surface area contributed by atoms with Gasteiger partial charge in [0.1, 0.15) is 0 Å². The SMILES string of the molecule is CCC(C)(CNC)CN1CCC(C)C1CO. The second-order valence-electron chi connectivity index (χ2n) is 5.68. The van der Waals surface area contributed by atoms with Gasteiger partial charge in [0.15, 0.2) is 0 Å². The lowest BCUT2D eigenvalue weighted by molar-refractivity contribution is 0.0943. The van der Waals surface area contributed by atoms with E-state index in [2.05, 4.69) is 31.0 Å². The number of aliphatic hydroxyl groups is 1. The van der Waals surface area contributed by atoms with Crippen molar-refractivity contribution in [3.8, 4) is 0 Å². The van der Waals surface area contributed by atoms with Gasteiger partial charge >= 0.3 is 0 Å². The molecule has 0 aromatic rings. The number of aliphatic hydroxyl groups excluding tert-OH is 1. The molecule has 96 valence electrons. The summed E-state index contributed by atoms with van der Waals surface area (Å²) in [6, 6.07) is 0.378. The predicted octanol–water partition coefficient (Wildman–Crippen LogP) is 1.32. The maximum Gasteiger partial charge on any atom is 0.0589 e. The third kappa shape index (κ3) is 3.19. The van der Waals surface area contributed by atoms with E-state index in [1.807, 2.05) is 7.05 Å². The molecule has 1 heterocycles. The Hall–Kier alpha value is -0.120. The third-order valence-corrected chi connectivity index (χ3v) is 4.23. The molecule has 3 nitrogen and oxygen atoms in total. The van der Waals surface area contributed by atoms with Gasteiger partial charge in [-0.1, -0.05) is 20.8 Å². The topological polar surface area (TPSA) is 35.5 Å². The van der Waals surface area contributed by atoms with Crippen molar-refractivity contribution in [1.82, 2.24) is 10.2 Å². The van der Waals surface area contributed by atoms with Crippen molar-refractivity contribution in [2.45, 2.75) is 39.7 Å². The van der Waals surface area contributed by atoms with Crippen LogP contribution < -0.4 is 5.32 Å². The zero-order valence-corrected chi connectivity index (χ0v) is 11.3. The van der Waals surface area contributed by atoms with Crippen LogP contribution in [0.15, 0.2) is 0 Å². The molecule has 16 heavy (non-hydrogen) atoms. The smallest absolute Gasteiger partial charge is 0.0589 e. The summed E-state index contributed by atoms with van der Waals surface area (Å²) in [6.07, 6.45) is 2.40. The molecule has 0 saturated carbocycles. The molecular weight excluding hydrogens is 200 g/mol. The van der Waals surface area contributed by atoms with Gasteiger partial charge in [-0.2, -0.15) is 0 Å². The van der Waals surface area contributed by atoms with Crippen LogP contribution in [0.2, 0.25) is 0 Å². The van der Waals surface area contributed by atoms with Crippen LogP contribution in [0.1, 0.15) is 33.6 Å². The Labute approximate surface area is 100 Å². The summed E-state index contributed by atoms with van der Waals surface area (Å²) in [5, 5.41) is 12.7. The van der Waals surface area contributed by atoms with E-state index in [1.165, 1.54) is 12.8 Å². The highest BCUT2D eigenvalue weighted by atomic mass is 16.3. The van der Waals surface area contributed by atoms with Gasteiger partial charge in [-0.3, -0.25) is 4.90 Å². The highest BCUT2D eigenvalue weighted by molar-refractivity contribution is 4.89. The van der Waals surface area contributed by atoms with E-state index in [0.717, 1.165) is 19.6 Å². The Morgan fingerprint density at radius 2 is 2.19 bits per heavy atom. The molecule has 0 radical (unpaired) electrons. The van der Waals surface area contributed by atoms with Gasteiger partial charge in [0.25, 0.3) is 0 Å². The highest BCUT2D eigenvalue weighted by Crippen LogP contribution is 2.29. The molecule has 3 atom stereocenters. The van der Waals surface area contributed by atoms with Gasteiger partial charge in [-0.05, 0) is 37.8 Å². The van der Waals surface area contributed by atoms with Crippen LogP contribution in [0, 0.1) is 11.3 Å². The van der Waals surface area contributed by atoms with Crippen LogP contribution in [-0.2, 0) is 0 Å². The second-order valence-corrected chi connectivity index (χ2v) is 5.68. The Morgan fingerprint density at radius 1 is 1.50 bits per heavy atom. The van der Waals surface area contributed by atoms with E-state index < -0.39 is 0 Å². The summed E-state index contributed by atoms with van der Waals surface area (Å²) < 4.78 is 0. The van der Waals surface area contributed by atoms with Crippen LogP contribution in [0.25, 0.3) is 0 Å². The Kier molecular flexibility index (Phi) is 5.22. The average molecular weight is 228 g/mol. The maximum absolute atomic E-state index is 9.45. The molecule has 1 saturated heterocycles. The average Bonchev–Trinajstić information content (AvgIpc) is 2.59. The number of hydrogen-bond acceptors (Lipinski definition) is 3. The zero-order valence-electron chi connectivity index (χ0n) is 11.3. The molecule has 1 fully saturated rings. The fourth-order valence-electron chi connectivity index (χ4n) is 2.79. The Morgan fingerprint density at radius 3 is 2.69 bits per heavy atom. The first-order valence-electron chi connectivity index (χ1n) is 6.56. The van der Waals surface area contributed by atoms with Crippen LogP contribution >= 0.6 is 0 Å². The lowest BCUT2D eigenvalue weighted by Crippen LogP contribution is -2.45. The molecule has 1 rings (SSSR count). The predicted molar refractivity (Wildman–Crippen MR) is 68.6 cm³/mol. The molecule has 1 aliphatic heterocycles. The second kappa shape index (κ2) is 5.99. The molecule has 1 aliphatic rings. The number of rotatable bonds is 6. The molecule has 0 aromatic carbocycles. The fraction of sp³-hybridized carbons (Fsp3) is 1.00. The van der Waals surface area contributed by atoms with Crippen molar-refractivity contribution in [1.29, 1.82) is 0 Å². The summed E-state index contributed by atoms with van der Waals surface area (Å²) >= 11 is 0. The van der Waals surface area contributed by atoms with Crippen molar-refractivity contribution in [3.05, 3.63) is 0 Å². The third-order valence-electron chi connectivity index (χ3n) is 4.23. The fourth-order valence-corrected chi connectivity index (χ4v) is 2.79. The highest BCUT2D eigenvalue weighted by Gasteiger charge is 2.34. The minimum Gasteiger partial charge on any atom is -0.395 e. The van der Waals surface area contributed by atoms with Crippen molar-refractivity contribution in [2.75, 3.05) is 33.3 Å². The van der Waals surface area contributed by atoms with Gasteiger partial charge in [0.2, 0.25) is 0 Å². The lowest BCUT2D eigenvalue weighted by atomic mass is 9.86. The van der Waals surface area contributed by atoms with Crippen LogP contribution in [0.4, 0.5) is 0 Å². The summed E-state index contributed by atoms with van der Waals surface area (Å²) in [6.45, 7) is 10.4. The lowest BCUT2D eigenvalue weighted by Gasteiger charge is -2.36. The standard InChI is InChI=1S/C13H28N2O/c1-5-13(3,9-14-4)10-15-7-6-11(2)12(15)8-16/h11-12,14,16H,5-10H2,1-4H3. The van der Waals surface area contributed by atoms with Crippen LogP contribution in [0.5, 0.6) is 0 Å². The molecule has 0 aliphatic carbocycles. The molecule has 0 amide bonds. The van der Waals surface area contributed by atoms with Crippen molar-refractivity contribution < 1.29 is 5.11 Å². The van der Waals surface area contributed by atoms with Crippen LogP contribution in [0.3, 0.4) is 0 Å². The molecular formula is C13H28N2O. The van der Waals surface area contributed by atoms with Crippen molar-refractivity contribution in [3.63, 3.8) is 0 Å². The molecule has 0 bridgehead atoms. The Balaban J connectivity index is 2.58. The van der Waals surface area contributed by atoms with E-state index in [4.69, 9.17) is 0 Å². The normalized spacial score (nSPS) is 30.6.